The zero-order chi connectivity index (χ0) is 20.2. The van der Waals surface area contributed by atoms with Crippen LogP contribution in [-0.4, -0.2) is 0 Å². The van der Waals surface area contributed by atoms with Gasteiger partial charge in [-0.05, 0) is 91.8 Å². The minimum absolute atomic E-state index is 0.431. The van der Waals surface area contributed by atoms with Crippen LogP contribution < -0.4 is 0 Å². The predicted molar refractivity (Wildman–Crippen MR) is 122 cm³/mol. The first-order valence-corrected chi connectivity index (χ1v) is 12.7. The van der Waals surface area contributed by atoms with Crippen molar-refractivity contribution in [3.05, 3.63) is 0 Å². The molecule has 1 spiro atoms. The summed E-state index contributed by atoms with van der Waals surface area (Å²) >= 11 is 0. The summed E-state index contributed by atoms with van der Waals surface area (Å²) in [5.41, 5.74) is 2.30. The number of hydrogen-bond acceptors (Lipinski definition) is 0. The van der Waals surface area contributed by atoms with Crippen LogP contribution in [0.1, 0.15) is 145 Å². The Hall–Kier alpha value is 0. The number of hydrogen-bond donors (Lipinski definition) is 0. The Morgan fingerprint density at radius 3 is 2.04 bits per heavy atom. The molecule has 0 heteroatoms. The lowest BCUT2D eigenvalue weighted by molar-refractivity contribution is -0.0409. The van der Waals surface area contributed by atoms with E-state index in [0.717, 1.165) is 5.92 Å². The molecule has 2 fully saturated rings. The highest BCUT2D eigenvalue weighted by Crippen LogP contribution is 2.60. The zero-order valence-electron chi connectivity index (χ0n) is 20.2. The second-order valence-electron chi connectivity index (χ2n) is 12.0. The van der Waals surface area contributed by atoms with Gasteiger partial charge in [0.2, 0.25) is 0 Å². The van der Waals surface area contributed by atoms with Crippen LogP contribution in [0, 0.1) is 27.6 Å². The van der Waals surface area contributed by atoms with Crippen molar-refractivity contribution in [3.8, 4) is 0 Å². The molecule has 0 amide bonds. The molecule has 0 aliphatic heterocycles. The van der Waals surface area contributed by atoms with Crippen LogP contribution in [0.3, 0.4) is 0 Å². The molecule has 0 saturated heterocycles. The smallest absolute Gasteiger partial charge is 0.0254 e. The minimum atomic E-state index is 0.431. The minimum Gasteiger partial charge on any atom is -0.0654 e. The third-order valence-electron chi connectivity index (χ3n) is 9.64. The molecule has 2 unspecified atom stereocenters. The maximum Gasteiger partial charge on any atom is -0.0254 e. The molecule has 0 heterocycles. The quantitative estimate of drug-likeness (QED) is 0.395. The van der Waals surface area contributed by atoms with Crippen molar-refractivity contribution in [2.45, 2.75) is 145 Å². The summed E-state index contributed by atoms with van der Waals surface area (Å²) < 4.78 is 0. The van der Waals surface area contributed by atoms with Gasteiger partial charge in [0.05, 0.1) is 0 Å². The van der Waals surface area contributed by atoms with Crippen LogP contribution in [0.4, 0.5) is 0 Å². The van der Waals surface area contributed by atoms with Crippen LogP contribution in [0.25, 0.3) is 0 Å². The van der Waals surface area contributed by atoms with Gasteiger partial charge in [-0.2, -0.15) is 0 Å². The fourth-order valence-electron chi connectivity index (χ4n) is 7.51. The third kappa shape index (κ3) is 5.14. The molecular weight excluding hydrogens is 324 g/mol. The zero-order valence-corrected chi connectivity index (χ0v) is 20.2. The number of unbranched alkanes of at least 4 members (excludes halogenated alkanes) is 1. The SMILES string of the molecule is CCCCC1(C)CCC(CCC(CC)(CC)C(C)(C)C)C2(CCCCC2)C1. The predicted octanol–water partition coefficient (Wildman–Crippen LogP) is 9.57. The second-order valence-corrected chi connectivity index (χ2v) is 12.0. The largest absolute Gasteiger partial charge is 0.0654 e. The van der Waals surface area contributed by atoms with E-state index in [1.807, 2.05) is 0 Å². The Morgan fingerprint density at radius 2 is 1.52 bits per heavy atom. The molecule has 2 saturated carbocycles. The highest BCUT2D eigenvalue weighted by molar-refractivity contribution is 4.99. The average molecular weight is 377 g/mol. The first-order chi connectivity index (χ1) is 12.7. The van der Waals surface area contributed by atoms with Crippen LogP contribution in [0.2, 0.25) is 0 Å². The summed E-state index contributed by atoms with van der Waals surface area (Å²) in [5.74, 6) is 1.01. The van der Waals surface area contributed by atoms with Gasteiger partial charge in [-0.1, -0.05) is 80.6 Å². The Labute approximate surface area is 172 Å². The van der Waals surface area contributed by atoms with E-state index in [1.54, 1.807) is 19.3 Å². The van der Waals surface area contributed by atoms with E-state index in [9.17, 15) is 0 Å². The van der Waals surface area contributed by atoms with Gasteiger partial charge in [-0.25, -0.2) is 0 Å². The molecule has 2 atom stereocenters. The van der Waals surface area contributed by atoms with Crippen molar-refractivity contribution in [2.24, 2.45) is 27.6 Å². The Balaban J connectivity index is 2.15. The molecular formula is C27H52. The van der Waals surface area contributed by atoms with E-state index in [1.165, 1.54) is 77.0 Å². The van der Waals surface area contributed by atoms with Crippen molar-refractivity contribution in [1.29, 1.82) is 0 Å². The maximum atomic E-state index is 2.65. The Morgan fingerprint density at radius 1 is 0.889 bits per heavy atom. The Kier molecular flexibility index (Phi) is 7.94. The number of rotatable bonds is 8. The summed E-state index contributed by atoms with van der Waals surface area (Å²) in [7, 11) is 0. The van der Waals surface area contributed by atoms with Gasteiger partial charge < -0.3 is 0 Å². The molecule has 0 N–H and O–H groups in total. The second kappa shape index (κ2) is 9.21. The van der Waals surface area contributed by atoms with Crippen molar-refractivity contribution < 1.29 is 0 Å². The topological polar surface area (TPSA) is 0 Å². The van der Waals surface area contributed by atoms with E-state index in [4.69, 9.17) is 0 Å². The fourth-order valence-corrected chi connectivity index (χ4v) is 7.51. The van der Waals surface area contributed by atoms with Crippen LogP contribution >= 0.6 is 0 Å². The average Bonchev–Trinajstić information content (AvgIpc) is 2.62. The van der Waals surface area contributed by atoms with Gasteiger partial charge in [0.15, 0.2) is 0 Å². The third-order valence-corrected chi connectivity index (χ3v) is 9.64. The summed E-state index contributed by atoms with van der Waals surface area (Å²) in [6.07, 6.45) is 22.1. The van der Waals surface area contributed by atoms with Gasteiger partial charge in [0, 0.05) is 0 Å². The van der Waals surface area contributed by atoms with E-state index >= 15 is 0 Å². The lowest BCUT2D eigenvalue weighted by Crippen LogP contribution is -2.44. The van der Waals surface area contributed by atoms with Gasteiger partial charge in [0.25, 0.3) is 0 Å². The molecule has 160 valence electrons. The lowest BCUT2D eigenvalue weighted by Gasteiger charge is -2.55. The van der Waals surface area contributed by atoms with Crippen LogP contribution in [-0.2, 0) is 0 Å². The van der Waals surface area contributed by atoms with E-state index < -0.39 is 0 Å². The van der Waals surface area contributed by atoms with Crippen molar-refractivity contribution in [3.63, 3.8) is 0 Å². The molecule has 0 bridgehead atoms. The molecule has 0 aromatic carbocycles. The molecule has 0 aromatic rings. The van der Waals surface area contributed by atoms with Crippen LogP contribution in [0.5, 0.6) is 0 Å². The molecule has 0 radical (unpaired) electrons. The first kappa shape index (κ1) is 23.3. The lowest BCUT2D eigenvalue weighted by atomic mass is 9.50. The van der Waals surface area contributed by atoms with Gasteiger partial charge in [-0.3, -0.25) is 0 Å². The van der Waals surface area contributed by atoms with Gasteiger partial charge >= 0.3 is 0 Å². The maximum absolute atomic E-state index is 2.65. The van der Waals surface area contributed by atoms with Gasteiger partial charge in [-0.15, -0.1) is 0 Å². The molecule has 0 nitrogen and oxygen atoms in total. The van der Waals surface area contributed by atoms with Gasteiger partial charge in [0.1, 0.15) is 0 Å². The highest BCUT2D eigenvalue weighted by atomic mass is 14.5. The summed E-state index contributed by atoms with van der Waals surface area (Å²) in [6, 6.07) is 0. The standard InChI is InChI=1S/C27H52/c1-8-11-17-25(7)20-15-23(26(22-25)18-13-12-14-19-26)16-21-27(9-2,10-3)24(4,5)6/h23H,8-22H2,1-7H3. The molecule has 2 aliphatic carbocycles. The molecule has 0 aromatic heterocycles. The first-order valence-electron chi connectivity index (χ1n) is 12.7. The fraction of sp³-hybridized carbons (Fsp3) is 1.00. The molecule has 2 aliphatic rings. The van der Waals surface area contributed by atoms with E-state index in [0.29, 0.717) is 21.7 Å². The highest BCUT2D eigenvalue weighted by Gasteiger charge is 2.49. The van der Waals surface area contributed by atoms with E-state index in [-0.39, 0.29) is 0 Å². The van der Waals surface area contributed by atoms with Crippen molar-refractivity contribution in [1.82, 2.24) is 0 Å². The van der Waals surface area contributed by atoms with Crippen molar-refractivity contribution in [2.75, 3.05) is 0 Å². The Bertz CT molecular complexity index is 429. The van der Waals surface area contributed by atoms with Crippen molar-refractivity contribution >= 4 is 0 Å². The summed E-state index contributed by atoms with van der Waals surface area (Å²) in [6.45, 7) is 17.4. The monoisotopic (exact) mass is 376 g/mol. The summed E-state index contributed by atoms with van der Waals surface area (Å²) in [5, 5.41) is 0. The van der Waals surface area contributed by atoms with Crippen LogP contribution in [0.15, 0.2) is 0 Å². The normalized spacial score (nSPS) is 29.2. The molecule has 2 rings (SSSR count). The van der Waals surface area contributed by atoms with E-state index in [2.05, 4.69) is 48.5 Å². The molecule has 27 heavy (non-hydrogen) atoms. The summed E-state index contributed by atoms with van der Waals surface area (Å²) in [4.78, 5) is 0.